The van der Waals surface area contributed by atoms with Crippen LogP contribution in [0.3, 0.4) is 0 Å². The van der Waals surface area contributed by atoms with Crippen LogP contribution in [0.4, 0.5) is 11.4 Å². The van der Waals surface area contributed by atoms with Crippen LogP contribution in [0.1, 0.15) is 29.8 Å². The first-order chi connectivity index (χ1) is 14.3. The quantitative estimate of drug-likeness (QED) is 0.460. The molecule has 9 nitrogen and oxygen atoms in total. The number of anilines is 1. The lowest BCUT2D eigenvalue weighted by Crippen LogP contribution is -2.23. The number of rotatable bonds is 7. The maximum atomic E-state index is 12.5. The molecule has 3 rings (SSSR count). The molecule has 0 atom stereocenters. The molecule has 0 aliphatic rings. The highest BCUT2D eigenvalue weighted by Gasteiger charge is 2.18. The summed E-state index contributed by atoms with van der Waals surface area (Å²) < 4.78 is 1.51. The molecule has 0 bridgehead atoms. The lowest BCUT2D eigenvalue weighted by Gasteiger charge is -2.10. The topological polar surface area (TPSA) is 119 Å². The first kappa shape index (κ1) is 20.7. The Bertz CT molecular complexity index is 1060. The predicted molar refractivity (Wildman–Crippen MR) is 111 cm³/mol. The molecular weight excluding hydrogens is 386 g/mol. The van der Waals surface area contributed by atoms with Crippen molar-refractivity contribution in [1.29, 1.82) is 0 Å². The van der Waals surface area contributed by atoms with Gasteiger partial charge < -0.3 is 15.2 Å². The van der Waals surface area contributed by atoms with E-state index in [0.717, 1.165) is 5.56 Å². The second-order valence-corrected chi connectivity index (χ2v) is 6.95. The molecule has 2 amide bonds. The van der Waals surface area contributed by atoms with Gasteiger partial charge in [-0.2, -0.15) is 0 Å². The van der Waals surface area contributed by atoms with E-state index in [2.05, 4.69) is 15.6 Å². The summed E-state index contributed by atoms with van der Waals surface area (Å²) in [6, 6.07) is 11.4. The van der Waals surface area contributed by atoms with Gasteiger partial charge in [0, 0.05) is 42.2 Å². The molecule has 30 heavy (non-hydrogen) atoms. The normalized spacial score (nSPS) is 10.6. The standard InChI is InChI=1S/C21H21N5O4/c1-14(2)20(27)24-17-6-3-15(4-7-17)12-23-21(28)16-5-8-18(19(11-16)26(29)30)25-10-9-22-13-25/h3-11,13-14H,12H2,1-2H3,(H,23,28)(H,24,27). The van der Waals surface area contributed by atoms with Crippen molar-refractivity contribution >= 4 is 23.2 Å². The van der Waals surface area contributed by atoms with Crippen LogP contribution in [0.5, 0.6) is 0 Å². The van der Waals surface area contributed by atoms with Crippen LogP contribution < -0.4 is 10.6 Å². The Labute approximate surface area is 172 Å². The van der Waals surface area contributed by atoms with Crippen LogP contribution in [-0.4, -0.2) is 26.3 Å². The Morgan fingerprint density at radius 3 is 2.50 bits per heavy atom. The first-order valence-corrected chi connectivity index (χ1v) is 9.30. The molecule has 2 N–H and O–H groups in total. The van der Waals surface area contributed by atoms with Crippen LogP contribution in [0.25, 0.3) is 5.69 Å². The molecule has 154 valence electrons. The number of carbonyl (C=O) groups is 2. The minimum absolute atomic E-state index is 0.0724. The van der Waals surface area contributed by atoms with E-state index in [9.17, 15) is 19.7 Å². The smallest absolute Gasteiger partial charge is 0.294 e. The SMILES string of the molecule is CC(C)C(=O)Nc1ccc(CNC(=O)c2ccc(-n3ccnc3)c([N+](=O)[O-])c2)cc1. The van der Waals surface area contributed by atoms with Crippen LogP contribution >= 0.6 is 0 Å². The van der Waals surface area contributed by atoms with E-state index in [1.807, 2.05) is 13.8 Å². The van der Waals surface area contributed by atoms with Crippen molar-refractivity contribution in [2.75, 3.05) is 5.32 Å². The molecule has 1 aromatic heterocycles. The third kappa shape index (κ3) is 4.88. The van der Waals surface area contributed by atoms with Gasteiger partial charge in [-0.1, -0.05) is 26.0 Å². The molecule has 2 aromatic carbocycles. The highest BCUT2D eigenvalue weighted by atomic mass is 16.6. The molecule has 0 saturated carbocycles. The summed E-state index contributed by atoms with van der Waals surface area (Å²) >= 11 is 0. The number of carbonyl (C=O) groups excluding carboxylic acids is 2. The monoisotopic (exact) mass is 407 g/mol. The number of amides is 2. The van der Waals surface area contributed by atoms with E-state index < -0.39 is 10.8 Å². The Balaban J connectivity index is 1.67. The third-order valence-electron chi connectivity index (χ3n) is 4.42. The zero-order valence-electron chi connectivity index (χ0n) is 16.5. The first-order valence-electron chi connectivity index (χ1n) is 9.30. The molecule has 0 saturated heterocycles. The predicted octanol–water partition coefficient (Wildman–Crippen LogP) is 3.31. The number of hydrogen-bond acceptors (Lipinski definition) is 5. The summed E-state index contributed by atoms with van der Waals surface area (Å²) in [4.78, 5) is 39.0. The Morgan fingerprint density at radius 1 is 1.17 bits per heavy atom. The maximum Gasteiger partial charge on any atom is 0.294 e. The lowest BCUT2D eigenvalue weighted by atomic mass is 10.1. The average molecular weight is 407 g/mol. The van der Waals surface area contributed by atoms with Gasteiger partial charge >= 0.3 is 0 Å². The molecule has 0 radical (unpaired) electrons. The largest absolute Gasteiger partial charge is 0.348 e. The molecule has 0 unspecified atom stereocenters. The Morgan fingerprint density at radius 2 is 1.90 bits per heavy atom. The summed E-state index contributed by atoms with van der Waals surface area (Å²) in [6.45, 7) is 3.87. The van der Waals surface area contributed by atoms with E-state index in [4.69, 9.17) is 0 Å². The molecular formula is C21H21N5O4. The summed E-state index contributed by atoms with van der Waals surface area (Å²) in [7, 11) is 0. The average Bonchev–Trinajstić information content (AvgIpc) is 3.27. The number of nitro groups is 1. The molecule has 0 aliphatic heterocycles. The van der Waals surface area contributed by atoms with E-state index in [-0.39, 0.29) is 29.6 Å². The number of nitrogens with one attached hydrogen (secondary N) is 2. The number of nitro benzene ring substituents is 1. The van der Waals surface area contributed by atoms with Crippen molar-refractivity contribution in [2.24, 2.45) is 5.92 Å². The van der Waals surface area contributed by atoms with Gasteiger partial charge in [0.2, 0.25) is 5.91 Å². The van der Waals surface area contributed by atoms with Crippen LogP contribution in [0, 0.1) is 16.0 Å². The zero-order valence-corrected chi connectivity index (χ0v) is 16.5. The van der Waals surface area contributed by atoms with Gasteiger partial charge in [-0.15, -0.1) is 0 Å². The van der Waals surface area contributed by atoms with Gasteiger partial charge in [0.25, 0.3) is 11.6 Å². The Kier molecular flexibility index (Phi) is 6.21. The minimum Gasteiger partial charge on any atom is -0.348 e. The summed E-state index contributed by atoms with van der Waals surface area (Å²) in [5.41, 5.74) is 1.83. The maximum absolute atomic E-state index is 12.5. The molecule has 1 heterocycles. The lowest BCUT2D eigenvalue weighted by molar-refractivity contribution is -0.384. The highest BCUT2D eigenvalue weighted by molar-refractivity contribution is 5.95. The third-order valence-corrected chi connectivity index (χ3v) is 4.42. The fourth-order valence-electron chi connectivity index (χ4n) is 2.71. The second-order valence-electron chi connectivity index (χ2n) is 6.95. The molecule has 0 spiro atoms. The van der Waals surface area contributed by atoms with Crippen molar-refractivity contribution in [3.05, 3.63) is 82.4 Å². The van der Waals surface area contributed by atoms with E-state index in [1.54, 1.807) is 30.5 Å². The fraction of sp³-hybridized carbons (Fsp3) is 0.190. The number of benzene rings is 2. The van der Waals surface area contributed by atoms with Crippen LogP contribution in [0.15, 0.2) is 61.2 Å². The van der Waals surface area contributed by atoms with Crippen molar-refractivity contribution < 1.29 is 14.5 Å². The van der Waals surface area contributed by atoms with Crippen molar-refractivity contribution in [2.45, 2.75) is 20.4 Å². The summed E-state index contributed by atoms with van der Waals surface area (Å²) in [5.74, 6) is -0.613. The van der Waals surface area contributed by atoms with E-state index in [1.165, 1.54) is 35.3 Å². The summed E-state index contributed by atoms with van der Waals surface area (Å²) in [6.07, 6.45) is 4.56. The summed E-state index contributed by atoms with van der Waals surface area (Å²) in [5, 5.41) is 17.0. The van der Waals surface area contributed by atoms with E-state index in [0.29, 0.717) is 11.4 Å². The van der Waals surface area contributed by atoms with Crippen LogP contribution in [-0.2, 0) is 11.3 Å². The van der Waals surface area contributed by atoms with Gasteiger partial charge in [-0.25, -0.2) is 4.98 Å². The van der Waals surface area contributed by atoms with Crippen molar-refractivity contribution in [1.82, 2.24) is 14.9 Å². The van der Waals surface area contributed by atoms with Crippen molar-refractivity contribution in [3.8, 4) is 5.69 Å². The number of imidazole rings is 1. The minimum atomic E-state index is -0.531. The number of hydrogen-bond donors (Lipinski definition) is 2. The molecule has 3 aromatic rings. The highest BCUT2D eigenvalue weighted by Crippen LogP contribution is 2.24. The van der Waals surface area contributed by atoms with E-state index >= 15 is 0 Å². The van der Waals surface area contributed by atoms with Gasteiger partial charge in [0.05, 0.1) is 11.3 Å². The molecule has 9 heteroatoms. The van der Waals surface area contributed by atoms with Crippen LogP contribution in [0.2, 0.25) is 0 Å². The number of aromatic nitrogens is 2. The van der Waals surface area contributed by atoms with Crippen molar-refractivity contribution in [3.63, 3.8) is 0 Å². The zero-order chi connectivity index (χ0) is 21.7. The van der Waals surface area contributed by atoms with Gasteiger partial charge in [-0.05, 0) is 29.8 Å². The molecule has 0 fully saturated rings. The van der Waals surface area contributed by atoms with Gasteiger partial charge in [-0.3, -0.25) is 19.7 Å². The Hall–Kier alpha value is -4.01. The van der Waals surface area contributed by atoms with Gasteiger partial charge in [0.1, 0.15) is 5.69 Å². The molecule has 0 aliphatic carbocycles. The second kappa shape index (κ2) is 8.99. The number of nitrogens with zero attached hydrogens (tertiary/aromatic N) is 3. The fourth-order valence-corrected chi connectivity index (χ4v) is 2.71. The van der Waals surface area contributed by atoms with Gasteiger partial charge in [0.15, 0.2) is 0 Å².